The van der Waals surface area contributed by atoms with E-state index in [-0.39, 0.29) is 5.91 Å². The van der Waals surface area contributed by atoms with Gasteiger partial charge in [0.2, 0.25) is 5.91 Å². The number of anilines is 4. The molecule has 0 aliphatic heterocycles. The summed E-state index contributed by atoms with van der Waals surface area (Å²) in [5.41, 5.74) is 16.4. The van der Waals surface area contributed by atoms with Crippen molar-refractivity contribution in [3.8, 4) is 0 Å². The maximum atomic E-state index is 12.4. The number of carbonyl (C=O) groups is 1. The maximum absolute atomic E-state index is 12.4. The first-order chi connectivity index (χ1) is 9.93. The predicted octanol–water partition coefficient (Wildman–Crippen LogP) is 3.54. The van der Waals surface area contributed by atoms with E-state index in [0.29, 0.717) is 17.8 Å². The molecule has 0 heterocycles. The lowest BCUT2D eigenvalue weighted by atomic mass is 10.1. The summed E-state index contributed by atoms with van der Waals surface area (Å²) in [6.45, 7) is 5.85. The fourth-order valence-electron chi connectivity index (χ4n) is 2.24. The molecule has 1 amide bonds. The monoisotopic (exact) mass is 283 g/mol. The van der Waals surface area contributed by atoms with E-state index >= 15 is 0 Å². The molecule has 0 fully saturated rings. The highest BCUT2D eigenvalue weighted by Gasteiger charge is 2.19. The predicted molar refractivity (Wildman–Crippen MR) is 88.6 cm³/mol. The number of hydrogen-bond donors (Lipinski definition) is 2. The molecular formula is C17H21N3O. The number of amides is 1. The van der Waals surface area contributed by atoms with E-state index in [0.717, 1.165) is 22.5 Å². The quantitative estimate of drug-likeness (QED) is 0.846. The van der Waals surface area contributed by atoms with Crippen LogP contribution < -0.4 is 16.4 Å². The minimum absolute atomic E-state index is 0.0212. The largest absolute Gasteiger partial charge is 0.397 e. The first-order valence-electron chi connectivity index (χ1n) is 6.99. The van der Waals surface area contributed by atoms with Crippen molar-refractivity contribution in [2.75, 3.05) is 16.4 Å². The van der Waals surface area contributed by atoms with Gasteiger partial charge < -0.3 is 11.5 Å². The molecule has 0 unspecified atom stereocenters. The van der Waals surface area contributed by atoms with Crippen LogP contribution in [0.5, 0.6) is 0 Å². The fraction of sp³-hybridized carbons (Fsp3) is 0.235. The van der Waals surface area contributed by atoms with E-state index in [1.807, 2.05) is 45.0 Å². The molecule has 0 radical (unpaired) electrons. The first kappa shape index (κ1) is 14.9. The van der Waals surface area contributed by atoms with Crippen LogP contribution in [0.3, 0.4) is 0 Å². The Kier molecular flexibility index (Phi) is 4.17. The van der Waals surface area contributed by atoms with Gasteiger partial charge in [-0.2, -0.15) is 0 Å². The van der Waals surface area contributed by atoms with Crippen molar-refractivity contribution < 1.29 is 4.79 Å². The van der Waals surface area contributed by atoms with Crippen molar-refractivity contribution in [2.45, 2.75) is 27.2 Å². The van der Waals surface area contributed by atoms with E-state index < -0.39 is 0 Å². The highest BCUT2D eigenvalue weighted by molar-refractivity contribution is 6.01. The SMILES string of the molecule is CCC(=O)N(c1ccc(N)c(N)c1)c1cc(C)ccc1C. The molecule has 4 nitrogen and oxygen atoms in total. The van der Waals surface area contributed by atoms with E-state index in [4.69, 9.17) is 11.5 Å². The third kappa shape index (κ3) is 2.99. The van der Waals surface area contributed by atoms with Gasteiger partial charge in [-0.05, 0) is 49.2 Å². The Morgan fingerprint density at radius 3 is 2.38 bits per heavy atom. The van der Waals surface area contributed by atoms with Crippen LogP contribution >= 0.6 is 0 Å². The van der Waals surface area contributed by atoms with Gasteiger partial charge >= 0.3 is 0 Å². The molecule has 4 heteroatoms. The number of hydrogen-bond acceptors (Lipinski definition) is 3. The lowest BCUT2D eigenvalue weighted by molar-refractivity contribution is -0.117. The van der Waals surface area contributed by atoms with Crippen molar-refractivity contribution in [1.82, 2.24) is 0 Å². The number of nitrogens with two attached hydrogens (primary N) is 2. The zero-order chi connectivity index (χ0) is 15.6. The second-order valence-corrected chi connectivity index (χ2v) is 5.19. The van der Waals surface area contributed by atoms with Gasteiger partial charge in [-0.3, -0.25) is 9.69 Å². The average molecular weight is 283 g/mol. The molecule has 0 saturated heterocycles. The summed E-state index contributed by atoms with van der Waals surface area (Å²) in [6.07, 6.45) is 0.414. The molecule has 0 spiro atoms. The summed E-state index contributed by atoms with van der Waals surface area (Å²) in [6, 6.07) is 11.3. The standard InChI is InChI=1S/C17H21N3O/c1-4-17(21)20(13-7-8-14(18)15(19)10-13)16-9-11(2)5-6-12(16)3/h5-10H,4,18-19H2,1-3H3. The molecule has 2 rings (SSSR count). The third-order valence-corrected chi connectivity index (χ3v) is 3.49. The average Bonchev–Trinajstić information content (AvgIpc) is 2.46. The summed E-state index contributed by atoms with van der Waals surface area (Å²) in [5, 5.41) is 0. The van der Waals surface area contributed by atoms with E-state index in [1.165, 1.54) is 0 Å². The smallest absolute Gasteiger partial charge is 0.231 e. The van der Waals surface area contributed by atoms with E-state index in [1.54, 1.807) is 17.0 Å². The van der Waals surface area contributed by atoms with Crippen LogP contribution in [-0.2, 0) is 4.79 Å². The summed E-state index contributed by atoms with van der Waals surface area (Å²) >= 11 is 0. The Bertz CT molecular complexity index is 680. The van der Waals surface area contributed by atoms with Crippen LogP contribution in [0.2, 0.25) is 0 Å². The van der Waals surface area contributed by atoms with Crippen LogP contribution in [-0.4, -0.2) is 5.91 Å². The highest BCUT2D eigenvalue weighted by atomic mass is 16.2. The van der Waals surface area contributed by atoms with E-state index in [2.05, 4.69) is 0 Å². The van der Waals surface area contributed by atoms with E-state index in [9.17, 15) is 4.79 Å². The normalized spacial score (nSPS) is 10.4. The van der Waals surface area contributed by atoms with Gasteiger partial charge in [0.25, 0.3) is 0 Å². The Morgan fingerprint density at radius 2 is 1.76 bits per heavy atom. The summed E-state index contributed by atoms with van der Waals surface area (Å²) in [4.78, 5) is 14.1. The van der Waals surface area contributed by atoms with Crippen LogP contribution in [0.4, 0.5) is 22.7 Å². The topological polar surface area (TPSA) is 72.3 Å². The summed E-state index contributed by atoms with van der Waals surface area (Å²) in [5.74, 6) is 0.0212. The Morgan fingerprint density at radius 1 is 1.05 bits per heavy atom. The Labute approximate surface area is 125 Å². The fourth-order valence-corrected chi connectivity index (χ4v) is 2.24. The van der Waals surface area contributed by atoms with Gasteiger partial charge in [-0.1, -0.05) is 19.1 Å². The van der Waals surface area contributed by atoms with Gasteiger partial charge in [0.05, 0.1) is 22.7 Å². The minimum Gasteiger partial charge on any atom is -0.397 e. The second kappa shape index (κ2) is 5.87. The zero-order valence-electron chi connectivity index (χ0n) is 12.7. The lowest BCUT2D eigenvalue weighted by Gasteiger charge is -2.25. The molecule has 2 aromatic rings. The van der Waals surface area contributed by atoms with Crippen LogP contribution in [0.1, 0.15) is 24.5 Å². The number of nitrogens with zero attached hydrogens (tertiary/aromatic N) is 1. The van der Waals surface area contributed by atoms with Crippen molar-refractivity contribution in [1.29, 1.82) is 0 Å². The minimum atomic E-state index is 0.0212. The van der Waals surface area contributed by atoms with Crippen molar-refractivity contribution in [3.05, 3.63) is 47.5 Å². The summed E-state index contributed by atoms with van der Waals surface area (Å²) < 4.78 is 0. The van der Waals surface area contributed by atoms with Crippen LogP contribution in [0, 0.1) is 13.8 Å². The van der Waals surface area contributed by atoms with Gasteiger partial charge in [-0.15, -0.1) is 0 Å². The van der Waals surface area contributed by atoms with Gasteiger partial charge in [0, 0.05) is 6.42 Å². The Hall–Kier alpha value is -2.49. The molecule has 2 aromatic carbocycles. The van der Waals surface area contributed by atoms with Crippen LogP contribution in [0.15, 0.2) is 36.4 Å². The molecule has 0 saturated carbocycles. The van der Waals surface area contributed by atoms with Crippen molar-refractivity contribution in [2.24, 2.45) is 0 Å². The molecule has 21 heavy (non-hydrogen) atoms. The number of nitrogen functional groups attached to an aromatic ring is 2. The molecule has 4 N–H and O–H groups in total. The zero-order valence-corrected chi connectivity index (χ0v) is 12.7. The molecular weight excluding hydrogens is 262 g/mol. The lowest BCUT2D eigenvalue weighted by Crippen LogP contribution is -2.26. The molecule has 0 atom stereocenters. The highest BCUT2D eigenvalue weighted by Crippen LogP contribution is 2.32. The molecule has 0 aliphatic rings. The van der Waals surface area contributed by atoms with Crippen molar-refractivity contribution in [3.63, 3.8) is 0 Å². The molecule has 110 valence electrons. The maximum Gasteiger partial charge on any atom is 0.231 e. The van der Waals surface area contributed by atoms with Gasteiger partial charge in [-0.25, -0.2) is 0 Å². The van der Waals surface area contributed by atoms with Crippen LogP contribution in [0.25, 0.3) is 0 Å². The number of carbonyl (C=O) groups excluding carboxylic acids is 1. The van der Waals surface area contributed by atoms with Gasteiger partial charge in [0.1, 0.15) is 0 Å². The summed E-state index contributed by atoms with van der Waals surface area (Å²) in [7, 11) is 0. The second-order valence-electron chi connectivity index (χ2n) is 5.19. The third-order valence-electron chi connectivity index (χ3n) is 3.49. The molecule has 0 aliphatic carbocycles. The number of aryl methyl sites for hydroxylation is 2. The molecule has 0 bridgehead atoms. The number of rotatable bonds is 3. The first-order valence-corrected chi connectivity index (χ1v) is 6.99. The van der Waals surface area contributed by atoms with Gasteiger partial charge in [0.15, 0.2) is 0 Å². The number of benzene rings is 2. The Balaban J connectivity index is 2.60. The molecule has 0 aromatic heterocycles. The van der Waals surface area contributed by atoms with Crippen molar-refractivity contribution >= 4 is 28.7 Å².